The topological polar surface area (TPSA) is 84.6 Å². The molecule has 0 spiro atoms. The Morgan fingerprint density at radius 3 is 2.86 bits per heavy atom. The number of aliphatic hydroxyl groups is 1. The average molecular weight is 380 g/mol. The summed E-state index contributed by atoms with van der Waals surface area (Å²) in [6.07, 6.45) is 2.60. The molecule has 1 aliphatic carbocycles. The molecule has 2 aliphatic rings. The molecule has 0 saturated heterocycles. The molecule has 0 saturated carbocycles. The Morgan fingerprint density at radius 1 is 1.25 bits per heavy atom. The van der Waals surface area contributed by atoms with E-state index in [0.29, 0.717) is 5.75 Å². The molecule has 3 atom stereocenters. The number of aliphatic hydroxyl groups excluding tert-OH is 1. The van der Waals surface area contributed by atoms with E-state index in [-0.39, 0.29) is 18.4 Å². The summed E-state index contributed by atoms with van der Waals surface area (Å²) in [4.78, 5) is 12.7. The summed E-state index contributed by atoms with van der Waals surface area (Å²) in [5, 5.41) is 13.6. The number of hydrogen-bond acceptors (Lipinski definition) is 4. The minimum absolute atomic E-state index is 0.00664. The van der Waals surface area contributed by atoms with Gasteiger partial charge in [0.2, 0.25) is 5.91 Å². The van der Waals surface area contributed by atoms with Gasteiger partial charge in [0.25, 0.3) is 0 Å². The van der Waals surface area contributed by atoms with Crippen molar-refractivity contribution in [2.24, 2.45) is 5.73 Å². The molecule has 0 radical (unpaired) electrons. The lowest BCUT2D eigenvalue weighted by molar-refractivity contribution is -0.121. The number of fused-ring (bicyclic) bond motifs is 2. The number of rotatable bonds is 3. The molecule has 1 amide bonds. The lowest BCUT2D eigenvalue weighted by Gasteiger charge is -2.40. The summed E-state index contributed by atoms with van der Waals surface area (Å²) in [6.45, 7) is 3.65. The van der Waals surface area contributed by atoms with E-state index in [1.165, 1.54) is 11.1 Å². The van der Waals surface area contributed by atoms with Crippen molar-refractivity contribution in [3.63, 3.8) is 0 Å². The van der Waals surface area contributed by atoms with Crippen LogP contribution >= 0.6 is 0 Å². The molecule has 4 N–H and O–H groups in total. The highest BCUT2D eigenvalue weighted by Gasteiger charge is 2.41. The maximum atomic E-state index is 12.7. The Labute approximate surface area is 165 Å². The largest absolute Gasteiger partial charge is 0.485 e. The first-order valence-corrected chi connectivity index (χ1v) is 9.98. The molecule has 28 heavy (non-hydrogen) atoms. The quantitative estimate of drug-likeness (QED) is 0.764. The second kappa shape index (κ2) is 7.22. The minimum atomic E-state index is -0.803. The van der Waals surface area contributed by atoms with Gasteiger partial charge >= 0.3 is 0 Å². The van der Waals surface area contributed by atoms with Crippen LogP contribution in [0.5, 0.6) is 5.75 Å². The molecular formula is C23H28N2O3. The number of hydrogen-bond donors (Lipinski definition) is 3. The number of amides is 1. The van der Waals surface area contributed by atoms with Crippen LogP contribution < -0.4 is 15.8 Å². The molecule has 2 aromatic carbocycles. The average Bonchev–Trinajstić information content (AvgIpc) is 2.67. The number of carbonyl (C=O) groups excluding carboxylic acids is 1. The van der Waals surface area contributed by atoms with Crippen molar-refractivity contribution in [2.75, 3.05) is 0 Å². The Bertz CT molecular complexity index is 893. The minimum Gasteiger partial charge on any atom is -0.485 e. The molecule has 0 fully saturated rings. The monoisotopic (exact) mass is 380 g/mol. The van der Waals surface area contributed by atoms with Gasteiger partial charge in [-0.25, -0.2) is 0 Å². The van der Waals surface area contributed by atoms with Gasteiger partial charge in [-0.3, -0.25) is 4.79 Å². The number of benzene rings is 2. The number of nitrogens with one attached hydrogen (secondary N) is 1. The predicted octanol–water partition coefficient (Wildman–Crippen LogP) is 2.95. The fourth-order valence-electron chi connectivity index (χ4n) is 4.34. The molecule has 148 valence electrons. The molecule has 4 rings (SSSR count). The van der Waals surface area contributed by atoms with Gasteiger partial charge in [-0.1, -0.05) is 30.3 Å². The van der Waals surface area contributed by atoms with Crippen LogP contribution in [0.3, 0.4) is 0 Å². The van der Waals surface area contributed by atoms with Gasteiger partial charge in [0, 0.05) is 5.56 Å². The van der Waals surface area contributed by atoms with Gasteiger partial charge in [0.1, 0.15) is 17.5 Å². The van der Waals surface area contributed by atoms with E-state index in [1.54, 1.807) is 0 Å². The van der Waals surface area contributed by atoms with Gasteiger partial charge in [0.05, 0.1) is 18.5 Å². The van der Waals surface area contributed by atoms with E-state index in [4.69, 9.17) is 10.5 Å². The normalized spacial score (nSPS) is 25.2. The molecule has 1 heterocycles. The number of nitrogens with two attached hydrogens (primary N) is 1. The smallest absolute Gasteiger partial charge is 0.224 e. The maximum Gasteiger partial charge on any atom is 0.224 e. The van der Waals surface area contributed by atoms with Crippen molar-refractivity contribution in [2.45, 2.75) is 63.3 Å². The summed E-state index contributed by atoms with van der Waals surface area (Å²) < 4.78 is 5.89. The first kappa shape index (κ1) is 19.0. The van der Waals surface area contributed by atoms with E-state index in [0.717, 1.165) is 30.4 Å². The van der Waals surface area contributed by atoms with Crippen molar-refractivity contribution in [1.82, 2.24) is 5.32 Å². The summed E-state index contributed by atoms with van der Waals surface area (Å²) in [7, 11) is 0. The van der Waals surface area contributed by atoms with Gasteiger partial charge in [0.15, 0.2) is 0 Å². The molecular weight excluding hydrogens is 352 g/mol. The van der Waals surface area contributed by atoms with Gasteiger partial charge < -0.3 is 20.9 Å². The molecule has 5 heteroatoms. The summed E-state index contributed by atoms with van der Waals surface area (Å²) >= 11 is 0. The SMILES string of the molecule is CC1(C)Oc2ccc(CC(=O)N[C@@H]3CCCc4ccccc43)cc2[C@@H](N)[C@@H]1O. The van der Waals surface area contributed by atoms with Crippen molar-refractivity contribution >= 4 is 5.91 Å². The van der Waals surface area contributed by atoms with E-state index in [2.05, 4.69) is 23.5 Å². The van der Waals surface area contributed by atoms with Crippen LogP contribution in [0.15, 0.2) is 42.5 Å². The van der Waals surface area contributed by atoms with Crippen molar-refractivity contribution in [1.29, 1.82) is 0 Å². The summed E-state index contributed by atoms with van der Waals surface area (Å²) in [5.41, 5.74) is 9.67. The zero-order valence-corrected chi connectivity index (χ0v) is 16.4. The third-order valence-corrected chi connectivity index (χ3v) is 5.93. The second-order valence-electron chi connectivity index (χ2n) is 8.44. The molecule has 0 bridgehead atoms. The first-order chi connectivity index (χ1) is 13.3. The first-order valence-electron chi connectivity index (χ1n) is 9.98. The third kappa shape index (κ3) is 3.52. The Kier molecular flexibility index (Phi) is 4.89. The van der Waals surface area contributed by atoms with Crippen LogP contribution in [0.25, 0.3) is 0 Å². The zero-order chi connectivity index (χ0) is 19.9. The summed E-state index contributed by atoms with van der Waals surface area (Å²) in [5.74, 6) is 0.668. The van der Waals surface area contributed by atoms with E-state index >= 15 is 0 Å². The molecule has 1 aliphatic heterocycles. The van der Waals surface area contributed by atoms with Crippen LogP contribution in [0.1, 0.15) is 61.0 Å². The van der Waals surface area contributed by atoms with Crippen molar-refractivity contribution < 1.29 is 14.6 Å². The highest BCUT2D eigenvalue weighted by Crippen LogP contribution is 2.39. The van der Waals surface area contributed by atoms with Crippen molar-refractivity contribution in [3.05, 3.63) is 64.7 Å². The molecule has 5 nitrogen and oxygen atoms in total. The van der Waals surface area contributed by atoms with Gasteiger partial charge in [-0.15, -0.1) is 0 Å². The predicted molar refractivity (Wildman–Crippen MR) is 108 cm³/mol. The molecule has 0 aromatic heterocycles. The third-order valence-electron chi connectivity index (χ3n) is 5.93. The highest BCUT2D eigenvalue weighted by molar-refractivity contribution is 5.79. The standard InChI is InChI=1S/C23H28N2O3/c1-23(2)22(27)21(24)17-12-14(10-11-19(17)28-23)13-20(26)25-18-9-5-7-15-6-3-4-8-16(15)18/h3-4,6,8,10-12,18,21-22,27H,5,7,9,13,24H2,1-2H3,(H,25,26)/t18-,21-,22+/m1/s1. The van der Waals surface area contributed by atoms with Crippen LogP contribution in [0.2, 0.25) is 0 Å². The maximum absolute atomic E-state index is 12.7. The number of ether oxygens (including phenoxy) is 1. The zero-order valence-electron chi connectivity index (χ0n) is 16.4. The van der Waals surface area contributed by atoms with E-state index < -0.39 is 17.7 Å². The summed E-state index contributed by atoms with van der Waals surface area (Å²) in [6, 6.07) is 13.5. The van der Waals surface area contributed by atoms with E-state index in [1.807, 2.05) is 38.1 Å². The molecule has 0 unspecified atom stereocenters. The Hall–Kier alpha value is -2.37. The van der Waals surface area contributed by atoms with Crippen LogP contribution in [0.4, 0.5) is 0 Å². The lowest BCUT2D eigenvalue weighted by atomic mass is 9.86. The fourth-order valence-corrected chi connectivity index (χ4v) is 4.34. The Morgan fingerprint density at radius 2 is 2.04 bits per heavy atom. The Balaban J connectivity index is 1.48. The molecule has 2 aromatic rings. The van der Waals surface area contributed by atoms with Crippen molar-refractivity contribution in [3.8, 4) is 5.75 Å². The van der Waals surface area contributed by atoms with Crippen LogP contribution in [-0.4, -0.2) is 22.7 Å². The van der Waals surface area contributed by atoms with Gasteiger partial charge in [-0.05, 0) is 61.9 Å². The van der Waals surface area contributed by atoms with Crippen LogP contribution in [0, 0.1) is 0 Å². The van der Waals surface area contributed by atoms with Crippen LogP contribution in [-0.2, 0) is 17.6 Å². The number of carbonyl (C=O) groups is 1. The lowest BCUT2D eigenvalue weighted by Crippen LogP contribution is -2.51. The fraction of sp³-hybridized carbons (Fsp3) is 0.435. The number of aryl methyl sites for hydroxylation is 1. The highest BCUT2D eigenvalue weighted by atomic mass is 16.5. The van der Waals surface area contributed by atoms with E-state index in [9.17, 15) is 9.90 Å². The second-order valence-corrected chi connectivity index (χ2v) is 8.44. The van der Waals surface area contributed by atoms with Gasteiger partial charge in [-0.2, -0.15) is 0 Å².